The van der Waals surface area contributed by atoms with Crippen molar-refractivity contribution in [3.63, 3.8) is 0 Å². The van der Waals surface area contributed by atoms with E-state index in [1.54, 1.807) is 19.1 Å². The number of hydrogen-bond donors (Lipinski definition) is 5. The summed E-state index contributed by atoms with van der Waals surface area (Å²) in [7, 11) is 0. The first kappa shape index (κ1) is 27.5. The van der Waals surface area contributed by atoms with Crippen molar-refractivity contribution in [1.82, 2.24) is 14.9 Å². The summed E-state index contributed by atoms with van der Waals surface area (Å²) >= 11 is 0. The SMILES string of the molecule is Cc1nc(C2CCN(Cc3ccc(F)c(F)c3)C2)cc(=O)[nH]1.O=C(O)CC(O)(CC(=O)O)C(=O)O. The fourth-order valence-electron chi connectivity index (χ4n) is 3.64. The van der Waals surface area contributed by atoms with Crippen LogP contribution in [-0.4, -0.2) is 71.9 Å². The molecule has 0 spiro atoms. The molecule has 1 unspecified atom stereocenters. The second-order valence-electron chi connectivity index (χ2n) is 8.20. The monoisotopic (exact) mass is 497 g/mol. The lowest BCUT2D eigenvalue weighted by molar-refractivity contribution is -0.170. The molecule has 0 aliphatic carbocycles. The summed E-state index contributed by atoms with van der Waals surface area (Å²) in [5, 5.41) is 33.8. The van der Waals surface area contributed by atoms with Crippen LogP contribution in [0.4, 0.5) is 8.78 Å². The van der Waals surface area contributed by atoms with Crippen molar-refractivity contribution in [1.29, 1.82) is 0 Å². The predicted molar refractivity (Wildman–Crippen MR) is 116 cm³/mol. The number of aromatic nitrogens is 2. The Morgan fingerprint density at radius 2 is 1.74 bits per heavy atom. The summed E-state index contributed by atoms with van der Waals surface area (Å²) in [6.07, 6.45) is -1.39. The van der Waals surface area contributed by atoms with E-state index in [2.05, 4.69) is 14.9 Å². The molecule has 35 heavy (non-hydrogen) atoms. The summed E-state index contributed by atoms with van der Waals surface area (Å²) in [6, 6.07) is 5.53. The van der Waals surface area contributed by atoms with Gasteiger partial charge < -0.3 is 25.4 Å². The Hall–Kier alpha value is -3.71. The van der Waals surface area contributed by atoms with Crippen LogP contribution in [0, 0.1) is 18.6 Å². The number of hydrogen-bond acceptors (Lipinski definition) is 7. The van der Waals surface area contributed by atoms with Gasteiger partial charge in [0, 0.05) is 25.1 Å². The molecule has 1 aliphatic rings. The topological polar surface area (TPSA) is 181 Å². The smallest absolute Gasteiger partial charge is 0.336 e. The zero-order valence-corrected chi connectivity index (χ0v) is 18.7. The number of benzene rings is 1. The van der Waals surface area contributed by atoms with Crippen molar-refractivity contribution in [2.24, 2.45) is 0 Å². The van der Waals surface area contributed by atoms with E-state index in [1.807, 2.05) is 0 Å². The molecule has 1 fully saturated rings. The van der Waals surface area contributed by atoms with E-state index >= 15 is 0 Å². The number of H-pyrrole nitrogens is 1. The van der Waals surface area contributed by atoms with Crippen molar-refractivity contribution in [2.45, 2.75) is 44.2 Å². The standard InChI is InChI=1S/C16H17F2N3O.C6H8O7/c1-10-19-15(7-16(22)20-10)12-4-5-21(9-12)8-11-2-3-13(17)14(18)6-11;7-3(8)1-6(13,5(11)12)2-4(9)10/h2-3,6-7,12H,4-5,8-9H2,1H3,(H,19,20,22);13H,1-2H2,(H,7,8)(H,9,10)(H,11,12). The first-order valence-corrected chi connectivity index (χ1v) is 10.4. The third-order valence-electron chi connectivity index (χ3n) is 5.25. The number of halogens is 2. The molecule has 1 saturated heterocycles. The van der Waals surface area contributed by atoms with Gasteiger partial charge in [0.2, 0.25) is 0 Å². The Labute approximate surface area is 197 Å². The van der Waals surface area contributed by atoms with Gasteiger partial charge in [0.1, 0.15) is 5.82 Å². The number of carbonyl (C=O) groups is 3. The fraction of sp³-hybridized carbons (Fsp3) is 0.409. The van der Waals surface area contributed by atoms with Crippen LogP contribution in [0.3, 0.4) is 0 Å². The van der Waals surface area contributed by atoms with Gasteiger partial charge in [-0.15, -0.1) is 0 Å². The van der Waals surface area contributed by atoms with E-state index in [0.29, 0.717) is 12.4 Å². The van der Waals surface area contributed by atoms with Crippen LogP contribution in [0.15, 0.2) is 29.1 Å². The van der Waals surface area contributed by atoms with Crippen molar-refractivity contribution in [3.05, 3.63) is 63.3 Å². The molecule has 0 amide bonds. The summed E-state index contributed by atoms with van der Waals surface area (Å²) < 4.78 is 26.2. The van der Waals surface area contributed by atoms with Crippen LogP contribution in [-0.2, 0) is 20.9 Å². The van der Waals surface area contributed by atoms with Gasteiger partial charge in [0.25, 0.3) is 5.56 Å². The molecule has 1 aliphatic heterocycles. The second-order valence-corrected chi connectivity index (χ2v) is 8.20. The highest BCUT2D eigenvalue weighted by atomic mass is 19.2. The molecule has 2 aromatic rings. The lowest BCUT2D eigenvalue weighted by atomic mass is 9.96. The summed E-state index contributed by atoms with van der Waals surface area (Å²) in [5.41, 5.74) is -1.33. The number of likely N-dealkylation sites (tertiary alicyclic amines) is 1. The van der Waals surface area contributed by atoms with Crippen LogP contribution < -0.4 is 5.56 Å². The maximum Gasteiger partial charge on any atom is 0.336 e. The fourth-order valence-corrected chi connectivity index (χ4v) is 3.64. The van der Waals surface area contributed by atoms with Crippen molar-refractivity contribution in [2.75, 3.05) is 13.1 Å². The molecular weight excluding hydrogens is 472 g/mol. The second kappa shape index (κ2) is 11.6. The molecule has 3 rings (SSSR count). The van der Waals surface area contributed by atoms with E-state index in [4.69, 9.17) is 20.4 Å². The van der Waals surface area contributed by atoms with Gasteiger partial charge in [0.05, 0.1) is 18.5 Å². The Kier molecular flexibility index (Phi) is 9.14. The molecule has 1 aromatic heterocycles. The molecule has 1 aromatic carbocycles. The number of carboxylic acid groups (broad SMARTS) is 3. The minimum atomic E-state index is -2.74. The molecule has 0 saturated carbocycles. The Balaban J connectivity index is 0.000000287. The van der Waals surface area contributed by atoms with Crippen molar-refractivity contribution in [3.8, 4) is 0 Å². The summed E-state index contributed by atoms with van der Waals surface area (Å²) in [5.74, 6) is -5.85. The largest absolute Gasteiger partial charge is 0.481 e. The molecule has 11 nitrogen and oxygen atoms in total. The number of nitrogens with one attached hydrogen (secondary N) is 1. The Bertz CT molecular complexity index is 1140. The predicted octanol–water partition coefficient (Wildman–Crippen LogP) is 1.10. The van der Waals surface area contributed by atoms with Gasteiger partial charge in [-0.1, -0.05) is 6.07 Å². The maximum atomic E-state index is 13.2. The number of aliphatic carboxylic acids is 3. The maximum absolute atomic E-state index is 13.2. The molecule has 1 atom stereocenters. The van der Waals surface area contributed by atoms with E-state index in [-0.39, 0.29) is 11.5 Å². The van der Waals surface area contributed by atoms with Gasteiger partial charge in [-0.2, -0.15) is 0 Å². The zero-order valence-electron chi connectivity index (χ0n) is 18.7. The van der Waals surface area contributed by atoms with Gasteiger partial charge in [-0.25, -0.2) is 18.6 Å². The first-order chi connectivity index (χ1) is 16.3. The number of carboxylic acids is 3. The number of aromatic amines is 1. The molecule has 5 N–H and O–H groups in total. The molecular formula is C22H25F2N3O8. The average Bonchev–Trinajstić information content (AvgIpc) is 3.18. The highest BCUT2D eigenvalue weighted by Crippen LogP contribution is 2.26. The molecule has 13 heteroatoms. The number of rotatable bonds is 8. The van der Waals surface area contributed by atoms with Gasteiger partial charge in [0.15, 0.2) is 17.2 Å². The zero-order chi connectivity index (χ0) is 26.3. The van der Waals surface area contributed by atoms with Crippen molar-refractivity contribution < 1.29 is 43.6 Å². The Morgan fingerprint density at radius 1 is 1.11 bits per heavy atom. The first-order valence-electron chi connectivity index (χ1n) is 10.4. The minimum Gasteiger partial charge on any atom is -0.481 e. The van der Waals surface area contributed by atoms with Crippen LogP contribution in [0.5, 0.6) is 0 Å². The van der Waals surface area contributed by atoms with E-state index < -0.39 is 48.0 Å². The number of nitrogens with zero attached hydrogens (tertiary/aromatic N) is 2. The summed E-state index contributed by atoms with van der Waals surface area (Å²) in [4.78, 5) is 51.2. The lowest BCUT2D eigenvalue weighted by Crippen LogP contribution is -2.42. The summed E-state index contributed by atoms with van der Waals surface area (Å²) in [6.45, 7) is 3.93. The Morgan fingerprint density at radius 3 is 2.26 bits per heavy atom. The van der Waals surface area contributed by atoms with E-state index in [9.17, 15) is 28.0 Å². The van der Waals surface area contributed by atoms with Gasteiger partial charge >= 0.3 is 17.9 Å². The van der Waals surface area contributed by atoms with E-state index in [1.165, 1.54) is 6.07 Å². The number of aliphatic hydroxyl groups is 1. The van der Waals surface area contributed by atoms with E-state index in [0.717, 1.165) is 36.8 Å². The quantitative estimate of drug-likeness (QED) is 0.354. The van der Waals surface area contributed by atoms with Crippen LogP contribution in [0.2, 0.25) is 0 Å². The lowest BCUT2D eigenvalue weighted by Gasteiger charge is -2.18. The normalized spacial score (nSPS) is 15.8. The highest BCUT2D eigenvalue weighted by molar-refractivity contribution is 5.88. The average molecular weight is 497 g/mol. The highest BCUT2D eigenvalue weighted by Gasteiger charge is 2.40. The molecule has 0 radical (unpaired) electrons. The third-order valence-corrected chi connectivity index (χ3v) is 5.25. The van der Waals surface area contributed by atoms with Crippen LogP contribution in [0.1, 0.15) is 42.3 Å². The van der Waals surface area contributed by atoms with Crippen LogP contribution >= 0.6 is 0 Å². The van der Waals surface area contributed by atoms with Gasteiger partial charge in [-0.3, -0.25) is 19.3 Å². The minimum absolute atomic E-state index is 0.137. The van der Waals surface area contributed by atoms with Gasteiger partial charge in [-0.05, 0) is 37.6 Å². The number of aryl methyl sites for hydroxylation is 1. The van der Waals surface area contributed by atoms with Crippen molar-refractivity contribution >= 4 is 17.9 Å². The third kappa shape index (κ3) is 8.22. The molecule has 0 bridgehead atoms. The molecule has 2 heterocycles. The molecule has 190 valence electrons. The van der Waals surface area contributed by atoms with Crippen LogP contribution in [0.25, 0.3) is 0 Å².